The van der Waals surface area contributed by atoms with Crippen molar-refractivity contribution in [1.29, 1.82) is 0 Å². The summed E-state index contributed by atoms with van der Waals surface area (Å²) in [7, 11) is 0. The van der Waals surface area contributed by atoms with Crippen LogP contribution in [0.4, 0.5) is 0 Å². The second kappa shape index (κ2) is 6.22. The molecule has 0 radical (unpaired) electrons. The van der Waals surface area contributed by atoms with Gasteiger partial charge in [-0.3, -0.25) is 4.90 Å². The normalized spacial score (nSPS) is 11.2. The van der Waals surface area contributed by atoms with E-state index in [1.165, 1.54) is 4.70 Å². The van der Waals surface area contributed by atoms with Gasteiger partial charge in [0.25, 0.3) is 0 Å². The fourth-order valence-corrected chi connectivity index (χ4v) is 2.90. The van der Waals surface area contributed by atoms with E-state index in [2.05, 4.69) is 35.0 Å². The van der Waals surface area contributed by atoms with Crippen molar-refractivity contribution in [2.24, 2.45) is 5.73 Å². The number of benzene rings is 1. The van der Waals surface area contributed by atoms with Crippen LogP contribution in [0.5, 0.6) is 0 Å². The number of fused-ring (bicyclic) bond motifs is 1. The third-order valence-electron chi connectivity index (χ3n) is 2.82. The van der Waals surface area contributed by atoms with Gasteiger partial charge in [-0.2, -0.15) is 0 Å². The van der Waals surface area contributed by atoms with Gasteiger partial charge < -0.3 is 5.73 Å². The molecule has 0 atom stereocenters. The Labute approximate surface area is 117 Å². The lowest BCUT2D eigenvalue weighted by atomic mass is 10.3. The average molecular weight is 279 g/mol. The van der Waals surface area contributed by atoms with Gasteiger partial charge in [0.2, 0.25) is 0 Å². The van der Waals surface area contributed by atoms with Crippen molar-refractivity contribution < 1.29 is 0 Å². The zero-order chi connectivity index (χ0) is 13.0. The van der Waals surface area contributed by atoms with Crippen LogP contribution in [0, 0.1) is 0 Å². The number of aromatic nitrogens is 1. The van der Waals surface area contributed by atoms with Gasteiger partial charge >= 0.3 is 0 Å². The molecule has 2 N–H and O–H groups in total. The van der Waals surface area contributed by atoms with Crippen LogP contribution in [-0.2, 0) is 6.54 Å². The van der Waals surface area contributed by atoms with E-state index in [9.17, 15) is 0 Å². The van der Waals surface area contributed by atoms with Crippen LogP contribution in [0.25, 0.3) is 10.2 Å². The zero-order valence-electron chi connectivity index (χ0n) is 10.4. The van der Waals surface area contributed by atoms with E-state index in [-0.39, 0.29) is 0 Å². The largest absolute Gasteiger partial charge is 0.393 e. The lowest BCUT2D eigenvalue weighted by molar-refractivity contribution is 0.288. The Morgan fingerprint density at radius 3 is 2.89 bits per heavy atom. The molecule has 2 aromatic rings. The molecule has 0 unspecified atom stereocenters. The third kappa shape index (κ3) is 3.48. The maximum atomic E-state index is 5.54. The number of hydrogen-bond donors (Lipinski definition) is 1. The molecule has 2 rings (SSSR count). The van der Waals surface area contributed by atoms with Crippen molar-refractivity contribution in [3.63, 3.8) is 0 Å². The molecule has 0 saturated heterocycles. The average Bonchev–Trinajstić information content (AvgIpc) is 2.76. The first-order chi connectivity index (χ1) is 8.69. The van der Waals surface area contributed by atoms with Crippen LogP contribution in [0.1, 0.15) is 18.4 Å². The zero-order valence-corrected chi connectivity index (χ0v) is 12.1. The first-order valence-corrected chi connectivity index (χ1v) is 7.26. The molecule has 3 nitrogen and oxygen atoms in total. The van der Waals surface area contributed by atoms with Crippen LogP contribution in [0.15, 0.2) is 24.3 Å². The second-order valence-corrected chi connectivity index (χ2v) is 5.80. The summed E-state index contributed by atoms with van der Waals surface area (Å²) in [5, 5.41) is 1.15. The van der Waals surface area contributed by atoms with E-state index >= 15 is 0 Å². The summed E-state index contributed by atoms with van der Waals surface area (Å²) in [6.07, 6.45) is 0.772. The lowest BCUT2D eigenvalue weighted by Crippen LogP contribution is -2.27. The molecular weight excluding hydrogens is 262 g/mol. The standard InChI is InChI=1S/C13H17N3S2/c1-2-16(8-7-12(14)17)9-13-15-10-5-3-4-6-11(10)18-13/h3-6H,2,7-9H2,1H3,(H2,14,17). The molecule has 0 aliphatic rings. The molecule has 0 saturated carbocycles. The van der Waals surface area contributed by atoms with E-state index in [1.807, 2.05) is 6.07 Å². The van der Waals surface area contributed by atoms with E-state index in [1.54, 1.807) is 11.3 Å². The molecule has 96 valence electrons. The van der Waals surface area contributed by atoms with Crippen LogP contribution in [0.3, 0.4) is 0 Å². The molecule has 1 aromatic carbocycles. The van der Waals surface area contributed by atoms with Gasteiger partial charge in [-0.1, -0.05) is 31.3 Å². The predicted molar refractivity (Wildman–Crippen MR) is 82.0 cm³/mol. The maximum absolute atomic E-state index is 5.54. The minimum absolute atomic E-state index is 0.581. The molecule has 0 aliphatic carbocycles. The maximum Gasteiger partial charge on any atom is 0.108 e. The molecule has 0 bridgehead atoms. The van der Waals surface area contributed by atoms with Gasteiger partial charge in [-0.15, -0.1) is 11.3 Å². The minimum Gasteiger partial charge on any atom is -0.393 e. The topological polar surface area (TPSA) is 42.1 Å². The first kappa shape index (κ1) is 13.4. The number of thiazole rings is 1. The SMILES string of the molecule is CCN(CCC(N)=S)Cc1nc2ccccc2s1. The van der Waals surface area contributed by atoms with Crippen LogP contribution < -0.4 is 5.73 Å². The van der Waals surface area contributed by atoms with Crippen molar-refractivity contribution in [3.8, 4) is 0 Å². The van der Waals surface area contributed by atoms with Gasteiger partial charge in [0.1, 0.15) is 5.01 Å². The van der Waals surface area contributed by atoms with Crippen molar-refractivity contribution in [2.45, 2.75) is 19.9 Å². The number of nitrogens with zero attached hydrogens (tertiary/aromatic N) is 2. The summed E-state index contributed by atoms with van der Waals surface area (Å²) in [6, 6.07) is 8.24. The highest BCUT2D eigenvalue weighted by molar-refractivity contribution is 7.80. The molecule has 0 amide bonds. The minimum atomic E-state index is 0.581. The molecular formula is C13H17N3S2. The molecule has 0 aliphatic heterocycles. The summed E-state index contributed by atoms with van der Waals surface area (Å²) >= 11 is 6.68. The smallest absolute Gasteiger partial charge is 0.108 e. The molecule has 0 spiro atoms. The van der Waals surface area contributed by atoms with Crippen molar-refractivity contribution in [3.05, 3.63) is 29.3 Å². The van der Waals surface area contributed by atoms with Gasteiger partial charge in [-0.25, -0.2) is 4.98 Å². The van der Waals surface area contributed by atoms with Gasteiger partial charge in [0, 0.05) is 13.0 Å². The predicted octanol–water partition coefficient (Wildman–Crippen LogP) is 2.79. The van der Waals surface area contributed by atoms with Crippen LogP contribution in [-0.4, -0.2) is 28.0 Å². The molecule has 1 aromatic heterocycles. The molecule has 5 heteroatoms. The summed E-state index contributed by atoms with van der Waals surface area (Å²) < 4.78 is 1.25. The van der Waals surface area contributed by atoms with Gasteiger partial charge in [-0.05, 0) is 18.7 Å². The summed E-state index contributed by atoms with van der Waals surface area (Å²) in [5.74, 6) is 0. The lowest BCUT2D eigenvalue weighted by Gasteiger charge is -2.18. The summed E-state index contributed by atoms with van der Waals surface area (Å²) in [6.45, 7) is 4.91. The van der Waals surface area contributed by atoms with Crippen LogP contribution >= 0.6 is 23.6 Å². The highest BCUT2D eigenvalue weighted by atomic mass is 32.1. The Balaban J connectivity index is 2.04. The summed E-state index contributed by atoms with van der Waals surface area (Å²) in [4.78, 5) is 7.54. The quantitative estimate of drug-likeness (QED) is 0.826. The van der Waals surface area contributed by atoms with Crippen molar-refractivity contribution in [1.82, 2.24) is 9.88 Å². The fourth-order valence-electron chi connectivity index (χ4n) is 1.80. The van der Waals surface area contributed by atoms with Crippen molar-refractivity contribution >= 4 is 38.8 Å². The number of para-hydroxylation sites is 1. The van der Waals surface area contributed by atoms with Crippen LogP contribution in [0.2, 0.25) is 0 Å². The third-order valence-corrected chi connectivity index (χ3v) is 4.04. The van der Waals surface area contributed by atoms with E-state index in [0.717, 1.165) is 36.6 Å². The molecule has 18 heavy (non-hydrogen) atoms. The fraction of sp³-hybridized carbons (Fsp3) is 0.385. The summed E-state index contributed by atoms with van der Waals surface area (Å²) in [5.41, 5.74) is 6.63. The second-order valence-electron chi connectivity index (χ2n) is 4.16. The Hall–Kier alpha value is -1.04. The first-order valence-electron chi connectivity index (χ1n) is 6.04. The van der Waals surface area contributed by atoms with Crippen molar-refractivity contribution in [2.75, 3.05) is 13.1 Å². The molecule has 0 fully saturated rings. The highest BCUT2D eigenvalue weighted by Gasteiger charge is 2.08. The van der Waals surface area contributed by atoms with Gasteiger partial charge in [0.05, 0.1) is 21.7 Å². The van der Waals surface area contributed by atoms with E-state index in [4.69, 9.17) is 18.0 Å². The number of thiocarbonyl (C=S) groups is 1. The number of nitrogens with two attached hydrogens (primary N) is 1. The Kier molecular flexibility index (Phi) is 4.63. The Morgan fingerprint density at radius 1 is 1.44 bits per heavy atom. The highest BCUT2D eigenvalue weighted by Crippen LogP contribution is 2.22. The van der Waals surface area contributed by atoms with E-state index < -0.39 is 0 Å². The van der Waals surface area contributed by atoms with E-state index in [0.29, 0.717) is 4.99 Å². The molecule has 1 heterocycles. The Bertz CT molecular complexity index is 503. The number of rotatable bonds is 6. The number of hydrogen-bond acceptors (Lipinski definition) is 4. The Morgan fingerprint density at radius 2 is 2.22 bits per heavy atom. The monoisotopic (exact) mass is 279 g/mol. The van der Waals surface area contributed by atoms with Gasteiger partial charge in [0.15, 0.2) is 0 Å².